The molecule has 7 nitrogen and oxygen atoms in total. The van der Waals surface area contributed by atoms with E-state index in [1.165, 1.54) is 6.20 Å². The van der Waals surface area contributed by atoms with Gasteiger partial charge in [0.25, 0.3) is 0 Å². The number of hydrogen-bond donors (Lipinski definition) is 4. The molecule has 0 aliphatic heterocycles. The lowest BCUT2D eigenvalue weighted by molar-refractivity contribution is 0.124. The molecule has 1 aromatic rings. The molecule has 1 heterocycles. The Morgan fingerprint density at radius 3 is 2.50 bits per heavy atom. The first-order valence-corrected chi connectivity index (χ1v) is 8.80. The van der Waals surface area contributed by atoms with Crippen molar-refractivity contribution in [3.05, 3.63) is 11.8 Å². The second-order valence-corrected chi connectivity index (χ2v) is 6.88. The summed E-state index contributed by atoms with van der Waals surface area (Å²) in [6.45, 7) is 0. The SMILES string of the molecule is N#Cc1cnc(NC2CCC(O)CC2)nc1N[C@@H]1CCC[C@@H](O)C1. The molecule has 24 heavy (non-hydrogen) atoms. The van der Waals surface area contributed by atoms with Crippen molar-refractivity contribution in [3.8, 4) is 6.07 Å². The van der Waals surface area contributed by atoms with Crippen LogP contribution in [0.4, 0.5) is 11.8 Å². The molecule has 0 aromatic carbocycles. The summed E-state index contributed by atoms with van der Waals surface area (Å²) in [5.74, 6) is 1.04. The number of anilines is 2. The molecular weight excluding hydrogens is 306 g/mol. The third-order valence-electron chi connectivity index (χ3n) is 4.93. The zero-order valence-electron chi connectivity index (χ0n) is 13.8. The second-order valence-electron chi connectivity index (χ2n) is 6.88. The predicted molar refractivity (Wildman–Crippen MR) is 90.5 cm³/mol. The number of rotatable bonds is 4. The topological polar surface area (TPSA) is 114 Å². The van der Waals surface area contributed by atoms with Gasteiger partial charge in [-0.15, -0.1) is 0 Å². The van der Waals surface area contributed by atoms with Gasteiger partial charge in [-0.2, -0.15) is 10.2 Å². The fourth-order valence-electron chi connectivity index (χ4n) is 3.53. The minimum Gasteiger partial charge on any atom is -0.393 e. The Balaban J connectivity index is 1.67. The van der Waals surface area contributed by atoms with E-state index >= 15 is 0 Å². The summed E-state index contributed by atoms with van der Waals surface area (Å²) in [6.07, 6.45) is 7.88. The molecule has 0 radical (unpaired) electrons. The van der Waals surface area contributed by atoms with E-state index in [0.717, 1.165) is 44.9 Å². The van der Waals surface area contributed by atoms with E-state index in [9.17, 15) is 15.5 Å². The van der Waals surface area contributed by atoms with Gasteiger partial charge in [0.2, 0.25) is 5.95 Å². The Morgan fingerprint density at radius 2 is 1.79 bits per heavy atom. The molecular formula is C17H25N5O2. The maximum atomic E-state index is 9.81. The summed E-state index contributed by atoms with van der Waals surface area (Å²) in [5.41, 5.74) is 0.416. The van der Waals surface area contributed by atoms with Crippen molar-refractivity contribution in [1.82, 2.24) is 9.97 Å². The lowest BCUT2D eigenvalue weighted by Crippen LogP contribution is -2.31. The van der Waals surface area contributed by atoms with Crippen molar-refractivity contribution in [2.75, 3.05) is 10.6 Å². The Bertz CT molecular complexity index is 595. The normalized spacial score (nSPS) is 30.4. The van der Waals surface area contributed by atoms with Gasteiger partial charge in [0, 0.05) is 12.1 Å². The molecule has 2 aliphatic rings. The summed E-state index contributed by atoms with van der Waals surface area (Å²) >= 11 is 0. The number of hydrogen-bond acceptors (Lipinski definition) is 7. The third kappa shape index (κ3) is 4.34. The summed E-state index contributed by atoms with van der Waals surface area (Å²) in [5, 5.41) is 35.3. The van der Waals surface area contributed by atoms with Crippen LogP contribution in [-0.4, -0.2) is 44.5 Å². The largest absolute Gasteiger partial charge is 0.393 e. The summed E-state index contributed by atoms with van der Waals surface area (Å²) in [4.78, 5) is 8.71. The molecule has 1 aromatic heterocycles. The molecule has 0 spiro atoms. The van der Waals surface area contributed by atoms with Crippen molar-refractivity contribution >= 4 is 11.8 Å². The van der Waals surface area contributed by atoms with Crippen molar-refractivity contribution < 1.29 is 10.2 Å². The van der Waals surface area contributed by atoms with Gasteiger partial charge in [-0.1, -0.05) is 0 Å². The van der Waals surface area contributed by atoms with Gasteiger partial charge in [-0.05, 0) is 51.4 Å². The zero-order chi connectivity index (χ0) is 16.9. The standard InChI is InChI=1S/C17H25N5O2/c18-9-11-10-19-17(21-12-4-6-14(23)7-5-12)22-16(11)20-13-2-1-3-15(24)8-13/h10,12-15,23-24H,1-8H2,(H2,19,20,21,22)/t12?,13-,14?,15-/m1/s1. The number of aromatic nitrogens is 2. The molecule has 0 bridgehead atoms. The minimum absolute atomic E-state index is 0.133. The van der Waals surface area contributed by atoms with Crippen molar-refractivity contribution in [2.24, 2.45) is 0 Å². The maximum Gasteiger partial charge on any atom is 0.224 e. The van der Waals surface area contributed by atoms with Crippen molar-refractivity contribution in [3.63, 3.8) is 0 Å². The van der Waals surface area contributed by atoms with Crippen LogP contribution in [0.5, 0.6) is 0 Å². The maximum absolute atomic E-state index is 9.81. The quantitative estimate of drug-likeness (QED) is 0.665. The fraction of sp³-hybridized carbons (Fsp3) is 0.706. The monoisotopic (exact) mass is 331 g/mol. The summed E-state index contributed by atoms with van der Waals surface area (Å²) < 4.78 is 0. The van der Waals surface area contributed by atoms with Crippen molar-refractivity contribution in [1.29, 1.82) is 5.26 Å². The van der Waals surface area contributed by atoms with Gasteiger partial charge >= 0.3 is 0 Å². The van der Waals surface area contributed by atoms with Gasteiger partial charge in [0.1, 0.15) is 17.5 Å². The summed E-state index contributed by atoms with van der Waals surface area (Å²) in [7, 11) is 0. The third-order valence-corrected chi connectivity index (χ3v) is 4.93. The summed E-state index contributed by atoms with van der Waals surface area (Å²) in [6, 6.07) is 2.51. The van der Waals surface area contributed by atoms with Crippen LogP contribution >= 0.6 is 0 Å². The number of nitrogens with one attached hydrogen (secondary N) is 2. The molecule has 0 amide bonds. The van der Waals surface area contributed by atoms with Gasteiger partial charge in [-0.25, -0.2) is 4.98 Å². The first-order chi connectivity index (χ1) is 11.6. The average Bonchev–Trinajstić information content (AvgIpc) is 2.57. The molecule has 2 atom stereocenters. The average molecular weight is 331 g/mol. The molecule has 2 fully saturated rings. The molecule has 2 aliphatic carbocycles. The highest BCUT2D eigenvalue weighted by Gasteiger charge is 2.23. The first kappa shape index (κ1) is 16.9. The van der Waals surface area contributed by atoms with E-state index in [4.69, 9.17) is 0 Å². The van der Waals surface area contributed by atoms with Crippen LogP contribution in [0.25, 0.3) is 0 Å². The van der Waals surface area contributed by atoms with Crippen LogP contribution in [0.3, 0.4) is 0 Å². The number of nitriles is 1. The van der Waals surface area contributed by atoms with E-state index in [-0.39, 0.29) is 24.3 Å². The van der Waals surface area contributed by atoms with Gasteiger partial charge in [0.15, 0.2) is 0 Å². The van der Waals surface area contributed by atoms with Gasteiger partial charge in [-0.3, -0.25) is 0 Å². The van der Waals surface area contributed by atoms with Crippen LogP contribution in [0.2, 0.25) is 0 Å². The molecule has 3 rings (SSSR count). The van der Waals surface area contributed by atoms with Gasteiger partial charge < -0.3 is 20.8 Å². The Kier molecular flexibility index (Phi) is 5.48. The van der Waals surface area contributed by atoms with Gasteiger partial charge in [0.05, 0.1) is 18.4 Å². The molecule has 7 heteroatoms. The molecule has 2 saturated carbocycles. The lowest BCUT2D eigenvalue weighted by atomic mass is 9.93. The fourth-order valence-corrected chi connectivity index (χ4v) is 3.53. The second kappa shape index (κ2) is 7.77. The highest BCUT2D eigenvalue weighted by Crippen LogP contribution is 2.25. The Labute approximate surface area is 142 Å². The highest BCUT2D eigenvalue weighted by molar-refractivity contribution is 5.54. The first-order valence-electron chi connectivity index (χ1n) is 8.80. The number of aliphatic hydroxyl groups is 2. The predicted octanol–water partition coefficient (Wildman–Crippen LogP) is 1.78. The van der Waals surface area contributed by atoms with Crippen LogP contribution in [-0.2, 0) is 0 Å². The van der Waals surface area contributed by atoms with E-state index < -0.39 is 0 Å². The van der Waals surface area contributed by atoms with E-state index in [1.807, 2.05) is 0 Å². The minimum atomic E-state index is -0.283. The van der Waals surface area contributed by atoms with Crippen LogP contribution in [0.1, 0.15) is 56.9 Å². The van der Waals surface area contributed by atoms with E-state index in [0.29, 0.717) is 23.8 Å². The molecule has 0 unspecified atom stereocenters. The van der Waals surface area contributed by atoms with E-state index in [2.05, 4.69) is 26.7 Å². The molecule has 0 saturated heterocycles. The van der Waals surface area contributed by atoms with E-state index in [1.54, 1.807) is 0 Å². The highest BCUT2D eigenvalue weighted by atomic mass is 16.3. The molecule has 130 valence electrons. The smallest absolute Gasteiger partial charge is 0.224 e. The number of nitrogens with zero attached hydrogens (tertiary/aromatic N) is 3. The zero-order valence-corrected chi connectivity index (χ0v) is 13.8. The Hall–Kier alpha value is -1.91. The van der Waals surface area contributed by atoms with Crippen LogP contribution in [0, 0.1) is 11.3 Å². The molecule has 4 N–H and O–H groups in total. The Morgan fingerprint density at radius 1 is 1.00 bits per heavy atom. The van der Waals surface area contributed by atoms with Crippen LogP contribution < -0.4 is 10.6 Å². The number of aliphatic hydroxyl groups excluding tert-OH is 2. The lowest BCUT2D eigenvalue weighted by Gasteiger charge is -2.28. The van der Waals surface area contributed by atoms with Crippen LogP contribution in [0.15, 0.2) is 6.20 Å². The van der Waals surface area contributed by atoms with Crippen molar-refractivity contribution in [2.45, 2.75) is 75.7 Å².